The molecular weight excluding hydrogens is 224 g/mol. The van der Waals surface area contributed by atoms with E-state index in [1.54, 1.807) is 0 Å². The number of halogens is 5. The SMILES string of the molecule is Cc1c(C(F)(F)F)ccc(Cl)c1Cl. The summed E-state index contributed by atoms with van der Waals surface area (Å²) in [5, 5.41) is 0.0867. The van der Waals surface area contributed by atoms with Crippen LogP contribution in [0.5, 0.6) is 0 Å². The molecule has 1 aromatic carbocycles. The highest BCUT2D eigenvalue weighted by atomic mass is 35.5. The van der Waals surface area contributed by atoms with Crippen molar-refractivity contribution in [2.45, 2.75) is 13.1 Å². The highest BCUT2D eigenvalue weighted by Crippen LogP contribution is 2.37. The zero-order valence-electron chi connectivity index (χ0n) is 6.54. The van der Waals surface area contributed by atoms with E-state index in [-0.39, 0.29) is 15.6 Å². The fourth-order valence-electron chi connectivity index (χ4n) is 0.959. The van der Waals surface area contributed by atoms with E-state index in [0.717, 1.165) is 12.1 Å². The summed E-state index contributed by atoms with van der Waals surface area (Å²) in [6.45, 7) is 1.29. The van der Waals surface area contributed by atoms with Crippen molar-refractivity contribution in [1.29, 1.82) is 0 Å². The molecule has 1 aromatic rings. The molecule has 0 fully saturated rings. The van der Waals surface area contributed by atoms with Crippen molar-refractivity contribution in [3.63, 3.8) is 0 Å². The molecule has 72 valence electrons. The summed E-state index contributed by atoms with van der Waals surface area (Å²) in [6, 6.07) is 2.06. The largest absolute Gasteiger partial charge is 0.416 e. The number of rotatable bonds is 0. The van der Waals surface area contributed by atoms with Gasteiger partial charge in [-0.2, -0.15) is 13.2 Å². The van der Waals surface area contributed by atoms with Gasteiger partial charge in [-0.1, -0.05) is 23.2 Å². The molecule has 13 heavy (non-hydrogen) atoms. The van der Waals surface area contributed by atoms with Crippen LogP contribution in [0.2, 0.25) is 10.0 Å². The first-order chi connectivity index (χ1) is 5.84. The van der Waals surface area contributed by atoms with Gasteiger partial charge >= 0.3 is 6.18 Å². The number of hydrogen-bond acceptors (Lipinski definition) is 0. The fraction of sp³-hybridized carbons (Fsp3) is 0.250. The molecule has 0 aromatic heterocycles. The fourth-order valence-corrected chi connectivity index (χ4v) is 1.33. The van der Waals surface area contributed by atoms with Crippen molar-refractivity contribution in [2.75, 3.05) is 0 Å². The highest BCUT2D eigenvalue weighted by Gasteiger charge is 2.33. The lowest BCUT2D eigenvalue weighted by Gasteiger charge is -2.11. The van der Waals surface area contributed by atoms with Gasteiger partial charge in [-0.15, -0.1) is 0 Å². The molecule has 0 unspecified atom stereocenters. The summed E-state index contributed by atoms with van der Waals surface area (Å²) in [5.74, 6) is 0. The van der Waals surface area contributed by atoms with Crippen molar-refractivity contribution >= 4 is 23.2 Å². The standard InChI is InChI=1S/C8H5Cl2F3/c1-4-5(8(11,12)13)2-3-6(9)7(4)10/h2-3H,1H3. The van der Waals surface area contributed by atoms with Crippen LogP contribution >= 0.6 is 23.2 Å². The van der Waals surface area contributed by atoms with Crippen molar-refractivity contribution in [2.24, 2.45) is 0 Å². The summed E-state index contributed by atoms with van der Waals surface area (Å²) in [7, 11) is 0. The highest BCUT2D eigenvalue weighted by molar-refractivity contribution is 6.42. The molecule has 0 radical (unpaired) electrons. The topological polar surface area (TPSA) is 0 Å². The van der Waals surface area contributed by atoms with Crippen molar-refractivity contribution in [1.82, 2.24) is 0 Å². The summed E-state index contributed by atoms with van der Waals surface area (Å²) >= 11 is 11.1. The summed E-state index contributed by atoms with van der Waals surface area (Å²) in [5.41, 5.74) is -0.788. The summed E-state index contributed by atoms with van der Waals surface area (Å²) < 4.78 is 36.8. The van der Waals surface area contributed by atoms with E-state index in [2.05, 4.69) is 0 Å². The van der Waals surface area contributed by atoms with Crippen LogP contribution in [-0.2, 0) is 6.18 Å². The Bertz CT molecular complexity index is 331. The van der Waals surface area contributed by atoms with E-state index in [1.165, 1.54) is 6.92 Å². The van der Waals surface area contributed by atoms with Gasteiger partial charge in [0.1, 0.15) is 0 Å². The van der Waals surface area contributed by atoms with Gasteiger partial charge in [-0.05, 0) is 24.6 Å². The van der Waals surface area contributed by atoms with Crippen LogP contribution in [0.15, 0.2) is 12.1 Å². The molecule has 0 aliphatic rings. The first-order valence-corrected chi connectivity index (χ1v) is 4.11. The predicted molar refractivity (Wildman–Crippen MR) is 46.2 cm³/mol. The minimum Gasteiger partial charge on any atom is -0.166 e. The Kier molecular flexibility index (Phi) is 2.78. The second kappa shape index (κ2) is 3.39. The molecule has 0 saturated carbocycles. The van der Waals surface area contributed by atoms with Gasteiger partial charge in [0.05, 0.1) is 15.6 Å². The molecule has 0 saturated heterocycles. The van der Waals surface area contributed by atoms with Crippen LogP contribution in [0.3, 0.4) is 0 Å². The zero-order valence-corrected chi connectivity index (χ0v) is 8.06. The second-order valence-corrected chi connectivity index (χ2v) is 3.32. The lowest BCUT2D eigenvalue weighted by atomic mass is 10.1. The summed E-state index contributed by atoms with van der Waals surface area (Å²) in [6.07, 6.45) is -4.38. The minimum absolute atomic E-state index is 0.0401. The predicted octanol–water partition coefficient (Wildman–Crippen LogP) is 4.32. The third-order valence-electron chi connectivity index (χ3n) is 1.64. The van der Waals surface area contributed by atoms with Gasteiger partial charge in [-0.25, -0.2) is 0 Å². The first kappa shape index (κ1) is 10.7. The quantitative estimate of drug-likeness (QED) is 0.621. The van der Waals surface area contributed by atoms with E-state index < -0.39 is 11.7 Å². The van der Waals surface area contributed by atoms with E-state index in [1.807, 2.05) is 0 Å². The molecule has 5 heteroatoms. The maximum absolute atomic E-state index is 12.3. The smallest absolute Gasteiger partial charge is 0.166 e. The average molecular weight is 229 g/mol. The summed E-state index contributed by atoms with van der Waals surface area (Å²) in [4.78, 5) is 0. The van der Waals surface area contributed by atoms with Gasteiger partial charge < -0.3 is 0 Å². The van der Waals surface area contributed by atoms with E-state index in [4.69, 9.17) is 23.2 Å². The second-order valence-electron chi connectivity index (χ2n) is 2.53. The van der Waals surface area contributed by atoms with Crippen molar-refractivity contribution < 1.29 is 13.2 Å². The van der Waals surface area contributed by atoms with Gasteiger partial charge in [-0.3, -0.25) is 0 Å². The van der Waals surface area contributed by atoms with Crippen LogP contribution in [0, 0.1) is 6.92 Å². The lowest BCUT2D eigenvalue weighted by molar-refractivity contribution is -0.138. The van der Waals surface area contributed by atoms with E-state index in [0.29, 0.717) is 0 Å². The average Bonchev–Trinajstić information content (AvgIpc) is 1.98. The third kappa shape index (κ3) is 2.09. The Morgan fingerprint density at radius 2 is 1.69 bits per heavy atom. The molecule has 0 bridgehead atoms. The van der Waals surface area contributed by atoms with Gasteiger partial charge in [0.15, 0.2) is 0 Å². The number of alkyl halides is 3. The van der Waals surface area contributed by atoms with Crippen LogP contribution in [0.1, 0.15) is 11.1 Å². The molecule has 0 spiro atoms. The Hall–Kier alpha value is -0.410. The molecule has 0 aliphatic heterocycles. The van der Waals surface area contributed by atoms with Crippen LogP contribution in [-0.4, -0.2) is 0 Å². The number of benzene rings is 1. The first-order valence-electron chi connectivity index (χ1n) is 3.36. The van der Waals surface area contributed by atoms with Crippen molar-refractivity contribution in [3.05, 3.63) is 33.3 Å². The Morgan fingerprint density at radius 1 is 1.15 bits per heavy atom. The monoisotopic (exact) mass is 228 g/mol. The maximum Gasteiger partial charge on any atom is 0.416 e. The van der Waals surface area contributed by atoms with E-state index >= 15 is 0 Å². The molecular formula is C8H5Cl2F3. The molecule has 0 heterocycles. The molecule has 0 amide bonds. The van der Waals surface area contributed by atoms with Gasteiger partial charge in [0, 0.05) is 0 Å². The minimum atomic E-state index is -4.38. The van der Waals surface area contributed by atoms with Gasteiger partial charge in [0.2, 0.25) is 0 Å². The third-order valence-corrected chi connectivity index (χ3v) is 2.54. The maximum atomic E-state index is 12.3. The molecule has 1 rings (SSSR count). The van der Waals surface area contributed by atoms with Crippen LogP contribution < -0.4 is 0 Å². The zero-order chi connectivity index (χ0) is 10.2. The Balaban J connectivity index is 3.35. The van der Waals surface area contributed by atoms with E-state index in [9.17, 15) is 13.2 Å². The van der Waals surface area contributed by atoms with Crippen molar-refractivity contribution in [3.8, 4) is 0 Å². The van der Waals surface area contributed by atoms with Gasteiger partial charge in [0.25, 0.3) is 0 Å². The Labute approximate surface area is 83.3 Å². The lowest BCUT2D eigenvalue weighted by Crippen LogP contribution is -2.07. The molecule has 0 aliphatic carbocycles. The molecule has 0 nitrogen and oxygen atoms in total. The molecule has 0 atom stereocenters. The van der Waals surface area contributed by atoms with Crippen LogP contribution in [0.4, 0.5) is 13.2 Å². The van der Waals surface area contributed by atoms with Crippen LogP contribution in [0.25, 0.3) is 0 Å². The Morgan fingerprint density at radius 3 is 2.15 bits per heavy atom. The number of hydrogen-bond donors (Lipinski definition) is 0. The molecule has 0 N–H and O–H groups in total. The normalized spacial score (nSPS) is 11.8.